The lowest BCUT2D eigenvalue weighted by atomic mass is 9.88. The van der Waals surface area contributed by atoms with Crippen LogP contribution in [0.5, 0.6) is 5.75 Å². The van der Waals surface area contributed by atoms with Crippen molar-refractivity contribution in [3.05, 3.63) is 64.7 Å². The number of hydrogen-bond acceptors (Lipinski definition) is 8. The number of nitrogens with zero attached hydrogens (tertiary/aromatic N) is 1. The first kappa shape index (κ1) is 31.1. The number of carbonyl (C=O) groups excluding carboxylic acids is 2. The minimum absolute atomic E-state index is 0.0251. The number of rotatable bonds is 13. The fraction of sp³-hybridized carbons (Fsp3) is 0.531. The van der Waals surface area contributed by atoms with E-state index in [1.807, 2.05) is 0 Å². The van der Waals surface area contributed by atoms with Crippen LogP contribution in [0.4, 0.5) is 0 Å². The third-order valence-electron chi connectivity index (χ3n) is 6.99. The molecule has 0 radical (unpaired) electrons. The molecule has 8 nitrogen and oxygen atoms in total. The third-order valence-corrected chi connectivity index (χ3v) is 6.99. The van der Waals surface area contributed by atoms with Gasteiger partial charge in [0.2, 0.25) is 6.79 Å². The van der Waals surface area contributed by atoms with Crippen molar-refractivity contribution in [3.8, 4) is 11.8 Å². The van der Waals surface area contributed by atoms with Crippen molar-refractivity contribution >= 4 is 11.9 Å². The molecule has 2 aromatic rings. The second kappa shape index (κ2) is 13.8. The molecule has 40 heavy (non-hydrogen) atoms. The van der Waals surface area contributed by atoms with Crippen molar-refractivity contribution in [2.24, 2.45) is 11.3 Å². The molecule has 0 aromatic heterocycles. The summed E-state index contributed by atoms with van der Waals surface area (Å²) in [4.78, 5) is 23.8. The Bertz CT molecular complexity index is 1190. The Morgan fingerprint density at radius 2 is 1.75 bits per heavy atom. The highest BCUT2D eigenvalue weighted by Crippen LogP contribution is 2.32. The maximum atomic E-state index is 12.1. The zero-order valence-electron chi connectivity index (χ0n) is 24.3. The van der Waals surface area contributed by atoms with Crippen LogP contribution in [0.15, 0.2) is 42.5 Å². The highest BCUT2D eigenvalue weighted by atomic mass is 16.7. The normalized spacial score (nSPS) is 14.2. The Hall–Kier alpha value is -3.41. The molecule has 1 atom stereocenters. The average molecular weight is 551 g/mol. The molecule has 1 aliphatic rings. The molecule has 8 heteroatoms. The van der Waals surface area contributed by atoms with Gasteiger partial charge in [-0.2, -0.15) is 5.26 Å². The molecule has 1 aliphatic carbocycles. The SMILES string of the molecule is CC(C)(CC1Cc2ccccc2C1)NC[C@@H](O)COc1cc(CCC(=O)OCOC(=O)C(C)(C)C)ccc1C#N. The molecule has 0 fully saturated rings. The van der Waals surface area contributed by atoms with Gasteiger partial charge in [-0.1, -0.05) is 30.3 Å². The van der Waals surface area contributed by atoms with E-state index in [2.05, 4.69) is 49.5 Å². The first-order chi connectivity index (χ1) is 18.9. The number of nitrogens with one attached hydrogen (secondary N) is 1. The van der Waals surface area contributed by atoms with Crippen molar-refractivity contribution in [2.45, 2.75) is 78.4 Å². The standard InChI is InChI=1S/C32H42N2O6/c1-31(2,3)30(37)40-21-39-29(36)13-11-22-10-12-26(18-33)28(16-22)38-20-27(35)19-34-32(4,5)17-23-14-24-8-6-7-9-25(24)15-23/h6-10,12,16,23,27,34-35H,11,13-15,17,19-21H2,1-5H3/t27-/m1/s1. The number of nitriles is 1. The molecular weight excluding hydrogens is 508 g/mol. The van der Waals surface area contributed by atoms with Crippen molar-refractivity contribution in [2.75, 3.05) is 19.9 Å². The first-order valence-electron chi connectivity index (χ1n) is 13.8. The van der Waals surface area contributed by atoms with Gasteiger partial charge >= 0.3 is 11.9 Å². The lowest BCUT2D eigenvalue weighted by Crippen LogP contribution is -2.46. The van der Waals surface area contributed by atoms with Gasteiger partial charge in [0.05, 0.1) is 11.0 Å². The number of aliphatic hydroxyl groups is 1. The number of aryl methyl sites for hydroxylation is 1. The predicted octanol–water partition coefficient (Wildman–Crippen LogP) is 4.49. The minimum Gasteiger partial charge on any atom is -0.489 e. The van der Waals surface area contributed by atoms with Crippen LogP contribution < -0.4 is 10.1 Å². The van der Waals surface area contributed by atoms with Crippen LogP contribution >= 0.6 is 0 Å². The van der Waals surface area contributed by atoms with Crippen LogP contribution in [-0.2, 0) is 38.3 Å². The molecule has 0 amide bonds. The number of aliphatic hydroxyl groups excluding tert-OH is 1. The van der Waals surface area contributed by atoms with Crippen LogP contribution in [0.25, 0.3) is 0 Å². The number of hydrogen-bond donors (Lipinski definition) is 2. The van der Waals surface area contributed by atoms with Crippen molar-refractivity contribution in [1.29, 1.82) is 5.26 Å². The summed E-state index contributed by atoms with van der Waals surface area (Å²) in [6.07, 6.45) is 2.84. The quantitative estimate of drug-likeness (QED) is 0.277. The zero-order valence-corrected chi connectivity index (χ0v) is 24.3. The molecule has 2 N–H and O–H groups in total. The summed E-state index contributed by atoms with van der Waals surface area (Å²) in [5.41, 5.74) is 3.18. The molecule has 0 saturated carbocycles. The summed E-state index contributed by atoms with van der Waals surface area (Å²) in [7, 11) is 0. The molecule has 0 spiro atoms. The molecule has 0 aliphatic heterocycles. The van der Waals surface area contributed by atoms with Crippen LogP contribution in [0.3, 0.4) is 0 Å². The van der Waals surface area contributed by atoms with E-state index in [1.54, 1.807) is 39.0 Å². The smallest absolute Gasteiger partial charge is 0.314 e. The number of benzene rings is 2. The Labute approximate surface area is 237 Å². The van der Waals surface area contributed by atoms with Gasteiger partial charge in [0.25, 0.3) is 0 Å². The van der Waals surface area contributed by atoms with Crippen molar-refractivity contribution in [1.82, 2.24) is 5.32 Å². The highest BCUT2D eigenvalue weighted by Gasteiger charge is 2.28. The Kier molecular flexibility index (Phi) is 10.7. The maximum Gasteiger partial charge on any atom is 0.314 e. The summed E-state index contributed by atoms with van der Waals surface area (Å²) >= 11 is 0. The summed E-state index contributed by atoms with van der Waals surface area (Å²) in [5, 5.41) is 23.5. The van der Waals surface area contributed by atoms with Gasteiger partial charge in [0.15, 0.2) is 0 Å². The lowest BCUT2D eigenvalue weighted by molar-refractivity contribution is -0.173. The molecule has 0 heterocycles. The lowest BCUT2D eigenvalue weighted by Gasteiger charge is -2.30. The summed E-state index contributed by atoms with van der Waals surface area (Å²) in [6.45, 7) is 9.42. The Balaban J connectivity index is 1.42. The van der Waals surface area contributed by atoms with E-state index >= 15 is 0 Å². The number of fused-ring (bicyclic) bond motifs is 1. The molecular formula is C32H42N2O6. The third kappa shape index (κ3) is 9.65. The summed E-state index contributed by atoms with van der Waals surface area (Å²) in [6, 6.07) is 15.8. The monoisotopic (exact) mass is 550 g/mol. The number of carbonyl (C=O) groups is 2. The van der Waals surface area contributed by atoms with Gasteiger partial charge in [-0.3, -0.25) is 9.59 Å². The van der Waals surface area contributed by atoms with Crippen molar-refractivity contribution < 1.29 is 28.9 Å². The van der Waals surface area contributed by atoms with E-state index in [4.69, 9.17) is 14.2 Å². The van der Waals surface area contributed by atoms with E-state index in [0.717, 1.165) is 24.8 Å². The van der Waals surface area contributed by atoms with E-state index in [-0.39, 0.29) is 18.6 Å². The average Bonchev–Trinajstić information content (AvgIpc) is 3.30. The van der Waals surface area contributed by atoms with E-state index in [0.29, 0.717) is 30.2 Å². The maximum absolute atomic E-state index is 12.1. The molecule has 0 unspecified atom stereocenters. The number of esters is 2. The van der Waals surface area contributed by atoms with E-state index in [1.165, 1.54) is 11.1 Å². The van der Waals surface area contributed by atoms with Crippen molar-refractivity contribution in [3.63, 3.8) is 0 Å². The van der Waals surface area contributed by atoms with Gasteiger partial charge < -0.3 is 24.6 Å². The van der Waals surface area contributed by atoms with E-state index < -0.39 is 30.3 Å². The number of β-amino-alcohol motifs (C(OH)–C–C–N with tert-alkyl or cyclic N) is 1. The largest absolute Gasteiger partial charge is 0.489 e. The van der Waals surface area contributed by atoms with Gasteiger partial charge in [0, 0.05) is 18.5 Å². The number of ether oxygens (including phenoxy) is 3. The minimum atomic E-state index is -0.763. The van der Waals surface area contributed by atoms with Gasteiger partial charge in [-0.25, -0.2) is 0 Å². The molecule has 0 bridgehead atoms. The van der Waals surface area contributed by atoms with Crippen LogP contribution in [0.2, 0.25) is 0 Å². The fourth-order valence-corrected chi connectivity index (χ4v) is 4.84. The highest BCUT2D eigenvalue weighted by molar-refractivity contribution is 5.75. The Morgan fingerprint density at radius 1 is 1.07 bits per heavy atom. The summed E-state index contributed by atoms with van der Waals surface area (Å²) in [5.74, 6) is -0.0198. The predicted molar refractivity (Wildman–Crippen MR) is 152 cm³/mol. The molecule has 2 aromatic carbocycles. The van der Waals surface area contributed by atoms with Gasteiger partial charge in [-0.15, -0.1) is 0 Å². The molecule has 216 valence electrons. The van der Waals surface area contributed by atoms with Crippen LogP contribution in [0, 0.1) is 22.7 Å². The molecule has 3 rings (SSSR count). The molecule has 0 saturated heterocycles. The van der Waals surface area contributed by atoms with Crippen LogP contribution in [0.1, 0.15) is 69.7 Å². The Morgan fingerprint density at radius 3 is 2.38 bits per heavy atom. The fourth-order valence-electron chi connectivity index (χ4n) is 4.84. The van der Waals surface area contributed by atoms with Gasteiger partial charge in [0.1, 0.15) is 24.5 Å². The topological polar surface area (TPSA) is 118 Å². The van der Waals surface area contributed by atoms with Gasteiger partial charge in [-0.05, 0) is 95.0 Å². The second-order valence-corrected chi connectivity index (χ2v) is 12.2. The zero-order chi connectivity index (χ0) is 29.3. The second-order valence-electron chi connectivity index (χ2n) is 12.2. The van der Waals surface area contributed by atoms with E-state index in [9.17, 15) is 20.0 Å². The summed E-state index contributed by atoms with van der Waals surface area (Å²) < 4.78 is 15.8. The first-order valence-corrected chi connectivity index (χ1v) is 13.8. The van der Waals surface area contributed by atoms with Crippen LogP contribution in [-0.4, -0.2) is 48.6 Å².